The number of aromatic nitrogens is 2. The van der Waals surface area contributed by atoms with E-state index in [0.29, 0.717) is 29.8 Å². The summed E-state index contributed by atoms with van der Waals surface area (Å²) in [5.74, 6) is -1.04. The maximum absolute atomic E-state index is 14.3. The third kappa shape index (κ3) is 4.43. The van der Waals surface area contributed by atoms with Crippen LogP contribution >= 0.6 is 0 Å². The number of primary amides is 1. The predicted octanol–water partition coefficient (Wildman–Crippen LogP) is 4.48. The van der Waals surface area contributed by atoms with Crippen LogP contribution in [0.15, 0.2) is 54.9 Å². The Balaban J connectivity index is 1.58. The van der Waals surface area contributed by atoms with E-state index in [1.165, 1.54) is 18.3 Å². The van der Waals surface area contributed by atoms with Gasteiger partial charge in [0, 0.05) is 67.2 Å². The van der Waals surface area contributed by atoms with Gasteiger partial charge in [0.05, 0.1) is 16.8 Å². The van der Waals surface area contributed by atoms with E-state index in [9.17, 15) is 13.6 Å². The molecule has 2 saturated heterocycles. The highest BCUT2D eigenvalue weighted by atomic mass is 19.1. The summed E-state index contributed by atoms with van der Waals surface area (Å²) < 4.78 is 28.5. The summed E-state index contributed by atoms with van der Waals surface area (Å²) in [5, 5.41) is 0.846. The first-order valence-electron chi connectivity index (χ1n) is 12.8. The predicted molar refractivity (Wildman–Crippen MR) is 145 cm³/mol. The molecule has 4 heterocycles. The van der Waals surface area contributed by atoms with E-state index in [-0.39, 0.29) is 6.04 Å². The number of carbonyl (C=O) groups is 1. The minimum Gasteiger partial charge on any atom is -0.370 e. The summed E-state index contributed by atoms with van der Waals surface area (Å²) in [6, 6.07) is 11.3. The first-order chi connectivity index (χ1) is 18.4. The van der Waals surface area contributed by atoms with Crippen molar-refractivity contribution in [3.8, 4) is 22.3 Å². The van der Waals surface area contributed by atoms with Crippen molar-refractivity contribution < 1.29 is 13.6 Å². The highest BCUT2D eigenvalue weighted by molar-refractivity contribution is 6.03. The zero-order valence-electron chi connectivity index (χ0n) is 20.8. The molecule has 2 aliphatic heterocycles. The average Bonchev–Trinajstić information content (AvgIpc) is 2.87. The van der Waals surface area contributed by atoms with E-state index in [4.69, 9.17) is 11.5 Å². The third-order valence-corrected chi connectivity index (χ3v) is 7.49. The number of rotatable bonds is 5. The maximum Gasteiger partial charge on any atom is 0.250 e. The molecule has 0 atom stereocenters. The molecule has 0 saturated carbocycles. The summed E-state index contributed by atoms with van der Waals surface area (Å²) >= 11 is 0. The van der Waals surface area contributed by atoms with Crippen LogP contribution in [0.2, 0.25) is 0 Å². The van der Waals surface area contributed by atoms with Crippen LogP contribution in [0.3, 0.4) is 0 Å². The van der Waals surface area contributed by atoms with Crippen LogP contribution in [0.1, 0.15) is 29.6 Å². The van der Waals surface area contributed by atoms with E-state index < -0.39 is 17.5 Å². The number of halogens is 2. The molecule has 2 aromatic carbocycles. The lowest BCUT2D eigenvalue weighted by Crippen LogP contribution is -2.40. The molecule has 7 nitrogen and oxygen atoms in total. The van der Waals surface area contributed by atoms with Gasteiger partial charge >= 0.3 is 0 Å². The van der Waals surface area contributed by atoms with Gasteiger partial charge in [0.25, 0.3) is 0 Å². The number of hydrogen-bond acceptors (Lipinski definition) is 6. The Hall–Kier alpha value is -4.11. The Kier molecular flexibility index (Phi) is 6.15. The van der Waals surface area contributed by atoms with Crippen LogP contribution in [-0.4, -0.2) is 48.1 Å². The van der Waals surface area contributed by atoms with Gasteiger partial charge in [-0.15, -0.1) is 0 Å². The molecule has 6 rings (SSSR count). The number of fused-ring (bicyclic) bond motifs is 1. The number of nitrogens with zero attached hydrogens (tertiary/aromatic N) is 4. The fourth-order valence-electron chi connectivity index (χ4n) is 5.32. The second-order valence-electron chi connectivity index (χ2n) is 10.0. The van der Waals surface area contributed by atoms with Gasteiger partial charge in [-0.3, -0.25) is 9.78 Å². The normalized spacial score (nSPS) is 16.1. The van der Waals surface area contributed by atoms with Crippen molar-refractivity contribution in [2.24, 2.45) is 11.5 Å². The lowest BCUT2D eigenvalue weighted by Gasteiger charge is -2.35. The van der Waals surface area contributed by atoms with E-state index in [1.54, 1.807) is 12.3 Å². The molecule has 4 N–H and O–H groups in total. The van der Waals surface area contributed by atoms with E-state index in [1.807, 2.05) is 18.2 Å². The standard InChI is InChI=1S/C29H28F2N6O/c30-20-10-18(11-21(31)14-20)25-16-34-26-3-2-17(12-24(26)27(25)36-8-4-22(32)5-9-36)23-13-19(28(33)38)15-35-29(23)37-6-1-7-37/h2-3,10-16,22H,1,4-9,32H2,(H2,33,38). The molecule has 2 aliphatic rings. The van der Waals surface area contributed by atoms with Gasteiger partial charge in [0.1, 0.15) is 17.5 Å². The summed E-state index contributed by atoms with van der Waals surface area (Å²) in [7, 11) is 0. The Morgan fingerprint density at radius 2 is 1.58 bits per heavy atom. The lowest BCUT2D eigenvalue weighted by molar-refractivity contribution is 0.1000. The molecule has 2 aromatic heterocycles. The van der Waals surface area contributed by atoms with Gasteiger partial charge in [0.2, 0.25) is 5.91 Å². The number of carbonyl (C=O) groups excluding carboxylic acids is 1. The van der Waals surface area contributed by atoms with Crippen LogP contribution in [0.4, 0.5) is 20.3 Å². The molecular formula is C29H28F2N6O. The van der Waals surface area contributed by atoms with Crippen molar-refractivity contribution in [1.29, 1.82) is 0 Å². The molecular weight excluding hydrogens is 486 g/mol. The quantitative estimate of drug-likeness (QED) is 0.407. The smallest absolute Gasteiger partial charge is 0.250 e. The number of anilines is 2. The van der Waals surface area contributed by atoms with Crippen LogP contribution in [-0.2, 0) is 0 Å². The summed E-state index contributed by atoms with van der Waals surface area (Å²) in [5.41, 5.74) is 16.4. The molecule has 9 heteroatoms. The topological polar surface area (TPSA) is 101 Å². The summed E-state index contributed by atoms with van der Waals surface area (Å²) in [6.07, 6.45) is 5.89. The van der Waals surface area contributed by atoms with E-state index in [0.717, 1.165) is 72.0 Å². The second kappa shape index (κ2) is 9.64. The van der Waals surface area contributed by atoms with E-state index >= 15 is 0 Å². The molecule has 4 aromatic rings. The fraction of sp³-hybridized carbons (Fsp3) is 0.276. The van der Waals surface area contributed by atoms with Gasteiger partial charge < -0.3 is 21.3 Å². The van der Waals surface area contributed by atoms with Crippen LogP contribution in [0.5, 0.6) is 0 Å². The Bertz CT molecular complexity index is 1530. The first kappa shape index (κ1) is 24.2. The Labute approximate surface area is 219 Å². The van der Waals surface area contributed by atoms with Crippen molar-refractivity contribution in [2.45, 2.75) is 25.3 Å². The average molecular weight is 515 g/mol. The van der Waals surface area contributed by atoms with Gasteiger partial charge in [-0.1, -0.05) is 6.07 Å². The Morgan fingerprint density at radius 3 is 2.24 bits per heavy atom. The molecule has 2 fully saturated rings. The largest absolute Gasteiger partial charge is 0.370 e. The first-order valence-corrected chi connectivity index (χ1v) is 12.8. The number of nitrogens with two attached hydrogens (primary N) is 2. The number of piperidine rings is 1. The molecule has 194 valence electrons. The lowest BCUT2D eigenvalue weighted by atomic mass is 9.95. The van der Waals surface area contributed by atoms with Gasteiger partial charge in [0.15, 0.2) is 0 Å². The van der Waals surface area contributed by atoms with Gasteiger partial charge in [-0.2, -0.15) is 0 Å². The zero-order valence-corrected chi connectivity index (χ0v) is 20.8. The minimum atomic E-state index is -0.644. The highest BCUT2D eigenvalue weighted by Gasteiger charge is 2.25. The number of amides is 1. The summed E-state index contributed by atoms with van der Waals surface area (Å²) in [6.45, 7) is 3.21. The molecule has 0 unspecified atom stereocenters. The van der Waals surface area contributed by atoms with Crippen molar-refractivity contribution in [2.75, 3.05) is 36.0 Å². The second-order valence-corrected chi connectivity index (χ2v) is 10.0. The molecule has 0 spiro atoms. The van der Waals surface area contributed by atoms with Crippen molar-refractivity contribution in [3.05, 3.63) is 72.1 Å². The molecule has 0 aliphatic carbocycles. The number of pyridine rings is 2. The molecule has 0 bridgehead atoms. The van der Waals surface area contributed by atoms with Crippen molar-refractivity contribution in [3.63, 3.8) is 0 Å². The summed E-state index contributed by atoms with van der Waals surface area (Å²) in [4.78, 5) is 25.6. The van der Waals surface area contributed by atoms with Crippen molar-refractivity contribution >= 4 is 28.3 Å². The molecule has 0 radical (unpaired) electrons. The molecule has 38 heavy (non-hydrogen) atoms. The van der Waals surface area contributed by atoms with Crippen LogP contribution in [0, 0.1) is 11.6 Å². The fourth-order valence-corrected chi connectivity index (χ4v) is 5.32. The third-order valence-electron chi connectivity index (χ3n) is 7.49. The highest BCUT2D eigenvalue weighted by Crippen LogP contribution is 2.41. The van der Waals surface area contributed by atoms with E-state index in [2.05, 4.69) is 19.8 Å². The van der Waals surface area contributed by atoms with Gasteiger partial charge in [-0.25, -0.2) is 13.8 Å². The van der Waals surface area contributed by atoms with Crippen molar-refractivity contribution in [1.82, 2.24) is 9.97 Å². The number of benzene rings is 2. The maximum atomic E-state index is 14.3. The SMILES string of the molecule is NC(=O)c1cnc(N2CCC2)c(-c2ccc3ncc(-c4cc(F)cc(F)c4)c(N4CCC(N)CC4)c3c2)c1. The Morgan fingerprint density at radius 1 is 0.842 bits per heavy atom. The van der Waals surface area contributed by atoms with Crippen LogP contribution in [0.25, 0.3) is 33.2 Å². The number of hydrogen-bond donors (Lipinski definition) is 2. The van der Waals surface area contributed by atoms with Gasteiger partial charge in [-0.05, 0) is 60.7 Å². The molecule has 1 amide bonds. The monoisotopic (exact) mass is 514 g/mol. The minimum absolute atomic E-state index is 0.117. The van der Waals surface area contributed by atoms with Crippen LogP contribution < -0.4 is 21.3 Å². The zero-order chi connectivity index (χ0) is 26.4.